The van der Waals surface area contributed by atoms with E-state index in [4.69, 9.17) is 0 Å². The third-order valence-electron chi connectivity index (χ3n) is 2.47. The first-order valence-corrected chi connectivity index (χ1v) is 5.74. The number of carbonyl (C=O) groups excluding carboxylic acids is 1. The predicted octanol–water partition coefficient (Wildman–Crippen LogP) is 2.55. The Labute approximate surface area is 96.5 Å². The van der Waals surface area contributed by atoms with E-state index in [0.717, 1.165) is 19.3 Å². The standard InChI is InChI=1S/C12H19N3O/c1-4-5-6-9(2)12(16)15-11-7-8-13-10(3)14-11/h7-9H,4-6H2,1-3H3,(H,13,14,15,16)/t9-/m1/s1. The van der Waals surface area contributed by atoms with Crippen molar-refractivity contribution >= 4 is 11.7 Å². The van der Waals surface area contributed by atoms with Crippen LogP contribution in [0.1, 0.15) is 38.9 Å². The quantitative estimate of drug-likeness (QED) is 0.831. The van der Waals surface area contributed by atoms with E-state index in [1.54, 1.807) is 19.2 Å². The van der Waals surface area contributed by atoms with Crippen LogP contribution in [0.3, 0.4) is 0 Å². The fourth-order valence-electron chi connectivity index (χ4n) is 1.42. The molecule has 0 spiro atoms. The number of anilines is 1. The zero-order valence-corrected chi connectivity index (χ0v) is 10.2. The van der Waals surface area contributed by atoms with Crippen LogP contribution < -0.4 is 5.32 Å². The molecule has 1 atom stereocenters. The Kier molecular flexibility index (Phi) is 4.89. The van der Waals surface area contributed by atoms with Gasteiger partial charge in [-0.05, 0) is 19.4 Å². The number of carbonyl (C=O) groups is 1. The summed E-state index contributed by atoms with van der Waals surface area (Å²) in [4.78, 5) is 19.9. The molecule has 0 saturated heterocycles. The van der Waals surface area contributed by atoms with Gasteiger partial charge in [0.25, 0.3) is 0 Å². The van der Waals surface area contributed by atoms with Gasteiger partial charge >= 0.3 is 0 Å². The monoisotopic (exact) mass is 221 g/mol. The molecule has 1 heterocycles. The van der Waals surface area contributed by atoms with Gasteiger partial charge in [0, 0.05) is 12.1 Å². The van der Waals surface area contributed by atoms with Crippen LogP contribution in [-0.2, 0) is 4.79 Å². The van der Waals surface area contributed by atoms with Crippen LogP contribution in [0.15, 0.2) is 12.3 Å². The normalized spacial score (nSPS) is 12.2. The minimum absolute atomic E-state index is 0.0338. The van der Waals surface area contributed by atoms with Crippen molar-refractivity contribution in [3.05, 3.63) is 18.1 Å². The van der Waals surface area contributed by atoms with E-state index in [1.807, 2.05) is 6.92 Å². The highest BCUT2D eigenvalue weighted by molar-refractivity contribution is 5.91. The van der Waals surface area contributed by atoms with Gasteiger partial charge in [0.05, 0.1) is 0 Å². The molecule has 0 bridgehead atoms. The zero-order chi connectivity index (χ0) is 12.0. The smallest absolute Gasteiger partial charge is 0.228 e. The van der Waals surface area contributed by atoms with E-state index in [1.165, 1.54) is 0 Å². The highest BCUT2D eigenvalue weighted by Crippen LogP contribution is 2.10. The number of nitrogens with zero attached hydrogens (tertiary/aromatic N) is 2. The first-order chi connectivity index (χ1) is 7.63. The first kappa shape index (κ1) is 12.6. The molecule has 4 heteroatoms. The molecule has 1 aromatic rings. The number of rotatable bonds is 5. The molecule has 1 rings (SSSR count). The lowest BCUT2D eigenvalue weighted by Gasteiger charge is -2.10. The highest BCUT2D eigenvalue weighted by atomic mass is 16.1. The van der Waals surface area contributed by atoms with Gasteiger partial charge in [0.15, 0.2) is 0 Å². The van der Waals surface area contributed by atoms with Crippen molar-refractivity contribution < 1.29 is 4.79 Å². The number of amides is 1. The van der Waals surface area contributed by atoms with E-state index in [9.17, 15) is 4.79 Å². The molecule has 1 amide bonds. The summed E-state index contributed by atoms with van der Waals surface area (Å²) in [5, 5.41) is 2.80. The Balaban J connectivity index is 2.50. The van der Waals surface area contributed by atoms with Crippen LogP contribution in [0.4, 0.5) is 5.82 Å². The van der Waals surface area contributed by atoms with Gasteiger partial charge in [-0.3, -0.25) is 4.79 Å². The lowest BCUT2D eigenvalue weighted by molar-refractivity contribution is -0.119. The molecule has 0 saturated carbocycles. The Morgan fingerprint density at radius 2 is 2.31 bits per heavy atom. The molecule has 0 fully saturated rings. The molecular formula is C12H19N3O. The molecule has 4 nitrogen and oxygen atoms in total. The van der Waals surface area contributed by atoms with Crippen LogP contribution >= 0.6 is 0 Å². The summed E-state index contributed by atoms with van der Waals surface area (Å²) < 4.78 is 0. The predicted molar refractivity (Wildman–Crippen MR) is 64.1 cm³/mol. The second kappa shape index (κ2) is 6.20. The Morgan fingerprint density at radius 1 is 1.56 bits per heavy atom. The van der Waals surface area contributed by atoms with Crippen LogP contribution in [-0.4, -0.2) is 15.9 Å². The van der Waals surface area contributed by atoms with Gasteiger partial charge in [-0.1, -0.05) is 26.7 Å². The molecule has 0 radical (unpaired) electrons. The molecular weight excluding hydrogens is 202 g/mol. The maximum absolute atomic E-state index is 11.8. The van der Waals surface area contributed by atoms with E-state index in [0.29, 0.717) is 11.6 Å². The maximum atomic E-state index is 11.8. The van der Waals surface area contributed by atoms with E-state index in [2.05, 4.69) is 22.2 Å². The minimum Gasteiger partial charge on any atom is -0.310 e. The number of nitrogens with one attached hydrogen (secondary N) is 1. The average Bonchev–Trinajstić information content (AvgIpc) is 2.25. The number of hydrogen-bond donors (Lipinski definition) is 1. The molecule has 1 aromatic heterocycles. The van der Waals surface area contributed by atoms with Crippen molar-refractivity contribution in [2.24, 2.45) is 5.92 Å². The van der Waals surface area contributed by atoms with Crippen LogP contribution in [0.25, 0.3) is 0 Å². The molecule has 1 N–H and O–H groups in total. The van der Waals surface area contributed by atoms with E-state index < -0.39 is 0 Å². The summed E-state index contributed by atoms with van der Waals surface area (Å²) >= 11 is 0. The lowest BCUT2D eigenvalue weighted by Crippen LogP contribution is -2.21. The molecule has 0 aliphatic carbocycles. The van der Waals surface area contributed by atoms with Gasteiger partial charge in [-0.25, -0.2) is 9.97 Å². The number of aromatic nitrogens is 2. The average molecular weight is 221 g/mol. The second-order valence-electron chi connectivity index (χ2n) is 4.02. The van der Waals surface area contributed by atoms with Crippen molar-refractivity contribution in [2.45, 2.75) is 40.0 Å². The summed E-state index contributed by atoms with van der Waals surface area (Å²) in [6, 6.07) is 1.71. The summed E-state index contributed by atoms with van der Waals surface area (Å²) in [6.45, 7) is 5.87. The fraction of sp³-hybridized carbons (Fsp3) is 0.583. The molecule has 16 heavy (non-hydrogen) atoms. The number of hydrogen-bond acceptors (Lipinski definition) is 3. The third-order valence-corrected chi connectivity index (χ3v) is 2.47. The summed E-state index contributed by atoms with van der Waals surface area (Å²) in [5.74, 6) is 1.32. The highest BCUT2D eigenvalue weighted by Gasteiger charge is 2.12. The molecule has 0 aromatic carbocycles. The van der Waals surface area contributed by atoms with Crippen LogP contribution in [0.2, 0.25) is 0 Å². The Bertz CT molecular complexity index is 352. The fourth-order valence-corrected chi connectivity index (χ4v) is 1.42. The van der Waals surface area contributed by atoms with Gasteiger partial charge in [-0.15, -0.1) is 0 Å². The Morgan fingerprint density at radius 3 is 2.94 bits per heavy atom. The third kappa shape index (κ3) is 3.96. The molecule has 88 valence electrons. The van der Waals surface area contributed by atoms with Crippen molar-refractivity contribution in [3.8, 4) is 0 Å². The summed E-state index contributed by atoms with van der Waals surface area (Å²) in [5.41, 5.74) is 0. The zero-order valence-electron chi connectivity index (χ0n) is 10.2. The van der Waals surface area contributed by atoms with E-state index in [-0.39, 0.29) is 11.8 Å². The SMILES string of the molecule is CCCC[C@@H](C)C(=O)Nc1ccnc(C)n1. The molecule has 0 aliphatic heterocycles. The van der Waals surface area contributed by atoms with Gasteiger partial charge in [0.1, 0.15) is 11.6 Å². The lowest BCUT2D eigenvalue weighted by atomic mass is 10.0. The van der Waals surface area contributed by atoms with Crippen molar-refractivity contribution in [2.75, 3.05) is 5.32 Å². The van der Waals surface area contributed by atoms with Crippen LogP contribution in [0, 0.1) is 12.8 Å². The van der Waals surface area contributed by atoms with Crippen LogP contribution in [0.5, 0.6) is 0 Å². The largest absolute Gasteiger partial charge is 0.310 e. The van der Waals surface area contributed by atoms with Crippen molar-refractivity contribution in [1.82, 2.24) is 9.97 Å². The molecule has 0 unspecified atom stereocenters. The van der Waals surface area contributed by atoms with Crippen molar-refractivity contribution in [1.29, 1.82) is 0 Å². The summed E-state index contributed by atoms with van der Waals surface area (Å²) in [7, 11) is 0. The maximum Gasteiger partial charge on any atom is 0.228 e. The van der Waals surface area contributed by atoms with Gasteiger partial charge < -0.3 is 5.32 Å². The Hall–Kier alpha value is -1.45. The number of unbranched alkanes of at least 4 members (excludes halogenated alkanes) is 1. The topological polar surface area (TPSA) is 54.9 Å². The second-order valence-corrected chi connectivity index (χ2v) is 4.02. The number of aryl methyl sites for hydroxylation is 1. The van der Waals surface area contributed by atoms with Gasteiger partial charge in [-0.2, -0.15) is 0 Å². The molecule has 0 aliphatic rings. The first-order valence-electron chi connectivity index (χ1n) is 5.74. The summed E-state index contributed by atoms with van der Waals surface area (Å²) in [6.07, 6.45) is 4.77. The van der Waals surface area contributed by atoms with Crippen molar-refractivity contribution in [3.63, 3.8) is 0 Å². The van der Waals surface area contributed by atoms with Gasteiger partial charge in [0.2, 0.25) is 5.91 Å². The minimum atomic E-state index is 0.0338. The van der Waals surface area contributed by atoms with E-state index >= 15 is 0 Å².